The fraction of sp³-hybridized carbons (Fsp3) is 0.513. The zero-order valence-corrected chi connectivity index (χ0v) is 29.0. The molecule has 3 aromatic rings. The third-order valence-corrected chi connectivity index (χ3v) is 10.1. The number of benzene rings is 2. The number of rotatable bonds is 15. The van der Waals surface area contributed by atoms with Gasteiger partial charge >= 0.3 is 5.97 Å². The van der Waals surface area contributed by atoms with Crippen molar-refractivity contribution in [1.82, 2.24) is 19.8 Å². The van der Waals surface area contributed by atoms with E-state index in [2.05, 4.69) is 34.7 Å². The Morgan fingerprint density at radius 3 is 2.49 bits per heavy atom. The molecule has 3 aliphatic heterocycles. The van der Waals surface area contributed by atoms with Crippen molar-refractivity contribution in [3.8, 4) is 0 Å². The average Bonchev–Trinajstić information content (AvgIpc) is 3.44. The Morgan fingerprint density at radius 2 is 1.82 bits per heavy atom. The molecular formula is C39H49FN4O5. The number of ketones is 1. The minimum Gasteiger partial charge on any atom is -0.465 e. The molecule has 2 unspecified atom stereocenters. The fourth-order valence-corrected chi connectivity index (χ4v) is 7.18. The zero-order chi connectivity index (χ0) is 34.3. The van der Waals surface area contributed by atoms with Crippen LogP contribution in [0.3, 0.4) is 0 Å². The minimum absolute atomic E-state index is 0.0314. The van der Waals surface area contributed by atoms with Crippen LogP contribution in [0.15, 0.2) is 60.3 Å². The first kappa shape index (κ1) is 35.0. The number of hydrogen-bond donors (Lipinski definition) is 1. The molecule has 2 fully saturated rings. The van der Waals surface area contributed by atoms with Crippen LogP contribution in [0.5, 0.6) is 0 Å². The van der Waals surface area contributed by atoms with E-state index < -0.39 is 5.82 Å². The summed E-state index contributed by atoms with van der Waals surface area (Å²) in [5, 5.41) is 3.52. The second kappa shape index (κ2) is 16.2. The number of likely N-dealkylation sites (tertiary alicyclic amines) is 1. The molecule has 0 amide bonds. The average molecular weight is 673 g/mol. The van der Waals surface area contributed by atoms with Gasteiger partial charge in [0.1, 0.15) is 17.9 Å². The molecule has 2 saturated heterocycles. The Kier molecular flexibility index (Phi) is 11.6. The number of hydrogen-bond acceptors (Lipinski definition) is 8. The predicted molar refractivity (Wildman–Crippen MR) is 186 cm³/mol. The predicted octanol–water partition coefficient (Wildman–Crippen LogP) is 6.95. The molecule has 49 heavy (non-hydrogen) atoms. The number of Topliss-reactive ketones (excluding diaryl/α,β-unsaturated/α-hetero) is 1. The maximum Gasteiger partial charge on any atom is 0.337 e. The van der Waals surface area contributed by atoms with Crippen LogP contribution in [0.2, 0.25) is 0 Å². The zero-order valence-electron chi connectivity index (χ0n) is 29.0. The van der Waals surface area contributed by atoms with Gasteiger partial charge in [0.25, 0.3) is 0 Å². The van der Waals surface area contributed by atoms with Gasteiger partial charge in [-0.25, -0.2) is 14.2 Å². The van der Waals surface area contributed by atoms with E-state index >= 15 is 4.39 Å². The minimum atomic E-state index is -0.404. The smallest absolute Gasteiger partial charge is 0.337 e. The number of nitrogens with zero attached hydrogens (tertiary/aromatic N) is 3. The summed E-state index contributed by atoms with van der Waals surface area (Å²) >= 11 is 0. The summed E-state index contributed by atoms with van der Waals surface area (Å²) in [4.78, 5) is 32.6. The molecule has 0 bridgehead atoms. The number of piperidine rings is 1. The number of aromatic nitrogens is 2. The van der Waals surface area contributed by atoms with Crippen LogP contribution < -0.4 is 5.32 Å². The highest BCUT2D eigenvalue weighted by Crippen LogP contribution is 2.29. The summed E-state index contributed by atoms with van der Waals surface area (Å²) in [6, 6.07) is 10.3. The molecule has 1 N–H and O–H groups in total. The van der Waals surface area contributed by atoms with Crippen molar-refractivity contribution in [2.45, 2.75) is 90.8 Å². The molecule has 10 heteroatoms. The highest BCUT2D eigenvalue weighted by molar-refractivity contribution is 5.98. The summed E-state index contributed by atoms with van der Waals surface area (Å²) in [5.74, 6) is 0.552. The molecule has 1 aromatic heterocycles. The number of halogens is 1. The Labute approximate surface area is 288 Å². The maximum atomic E-state index is 15.1. The lowest BCUT2D eigenvalue weighted by Gasteiger charge is -2.35. The lowest BCUT2D eigenvalue weighted by Crippen LogP contribution is -2.40. The van der Waals surface area contributed by atoms with Gasteiger partial charge in [0.05, 0.1) is 49.5 Å². The summed E-state index contributed by atoms with van der Waals surface area (Å²) in [7, 11) is 1.39. The number of esters is 1. The van der Waals surface area contributed by atoms with E-state index in [1.54, 1.807) is 18.2 Å². The summed E-state index contributed by atoms with van der Waals surface area (Å²) in [6.45, 7) is 8.30. The molecule has 2 aromatic carbocycles. The van der Waals surface area contributed by atoms with Crippen molar-refractivity contribution in [2.24, 2.45) is 11.8 Å². The molecule has 262 valence electrons. The van der Waals surface area contributed by atoms with Gasteiger partial charge in [-0.1, -0.05) is 44.9 Å². The van der Waals surface area contributed by atoms with E-state index in [9.17, 15) is 9.59 Å². The number of fused-ring (bicyclic) bond motifs is 1. The third-order valence-electron chi connectivity index (χ3n) is 10.1. The van der Waals surface area contributed by atoms with Gasteiger partial charge in [-0.05, 0) is 81.6 Å². The topological polar surface area (TPSA) is 94.9 Å². The first-order valence-electron chi connectivity index (χ1n) is 17.9. The number of dihydropyridines is 1. The Hall–Kier alpha value is -3.86. The first-order valence-corrected chi connectivity index (χ1v) is 17.9. The lowest BCUT2D eigenvalue weighted by atomic mass is 9.89. The van der Waals surface area contributed by atoms with Gasteiger partial charge in [0, 0.05) is 35.3 Å². The number of allylic oxidation sites excluding steroid dienone is 3. The van der Waals surface area contributed by atoms with E-state index in [1.807, 2.05) is 24.3 Å². The van der Waals surface area contributed by atoms with Gasteiger partial charge in [-0.15, -0.1) is 0 Å². The molecule has 0 radical (unpaired) electrons. The van der Waals surface area contributed by atoms with Crippen molar-refractivity contribution in [2.75, 3.05) is 26.8 Å². The van der Waals surface area contributed by atoms with Crippen molar-refractivity contribution in [3.63, 3.8) is 0 Å². The van der Waals surface area contributed by atoms with Gasteiger partial charge in [0.15, 0.2) is 5.78 Å². The van der Waals surface area contributed by atoms with E-state index in [1.165, 1.54) is 13.2 Å². The number of imidazole rings is 1. The van der Waals surface area contributed by atoms with E-state index in [-0.39, 0.29) is 36.6 Å². The summed E-state index contributed by atoms with van der Waals surface area (Å²) in [5.41, 5.74) is 4.32. The van der Waals surface area contributed by atoms with E-state index in [0.29, 0.717) is 35.7 Å². The molecular weight excluding hydrogens is 623 g/mol. The van der Waals surface area contributed by atoms with Gasteiger partial charge in [-0.3, -0.25) is 9.69 Å². The van der Waals surface area contributed by atoms with Crippen LogP contribution in [0.4, 0.5) is 4.39 Å². The van der Waals surface area contributed by atoms with Crippen LogP contribution in [-0.2, 0) is 33.9 Å². The summed E-state index contributed by atoms with van der Waals surface area (Å²) in [6.07, 6.45) is 12.4. The molecule has 9 nitrogen and oxygen atoms in total. The number of carbonyl (C=O) groups excluding carboxylic acids is 2. The van der Waals surface area contributed by atoms with Crippen LogP contribution in [0.1, 0.15) is 90.9 Å². The SMILES string of the molecule is CCCC(CCC)C(=O)c1ccc(COC2C=CC=C(C3CCN(Cc4nc5ccc(C(=O)OC)cc5n4CC4CCO4)CC3)N2)c(F)c1. The second-order valence-corrected chi connectivity index (χ2v) is 13.5. The van der Waals surface area contributed by atoms with Crippen molar-refractivity contribution in [3.05, 3.63) is 88.7 Å². The Morgan fingerprint density at radius 1 is 1.06 bits per heavy atom. The molecule has 3 aliphatic rings. The quantitative estimate of drug-likeness (QED) is 0.137. The number of nitrogens with one attached hydrogen (secondary N) is 1. The van der Waals surface area contributed by atoms with Gasteiger partial charge < -0.3 is 24.1 Å². The van der Waals surface area contributed by atoms with Crippen molar-refractivity contribution < 1.29 is 28.2 Å². The highest BCUT2D eigenvalue weighted by Gasteiger charge is 2.28. The largest absolute Gasteiger partial charge is 0.465 e. The monoisotopic (exact) mass is 672 g/mol. The van der Waals surface area contributed by atoms with Crippen LogP contribution >= 0.6 is 0 Å². The van der Waals surface area contributed by atoms with Crippen molar-refractivity contribution >= 4 is 22.8 Å². The molecule has 6 rings (SSSR count). The molecule has 4 heterocycles. The fourth-order valence-electron chi connectivity index (χ4n) is 7.18. The highest BCUT2D eigenvalue weighted by atomic mass is 19.1. The first-order chi connectivity index (χ1) is 23.9. The van der Waals surface area contributed by atoms with Gasteiger partial charge in [-0.2, -0.15) is 0 Å². The van der Waals surface area contributed by atoms with E-state index in [4.69, 9.17) is 19.2 Å². The Balaban J connectivity index is 1.02. The Bertz CT molecular complexity index is 1680. The van der Waals surface area contributed by atoms with E-state index in [0.717, 1.165) is 87.2 Å². The van der Waals surface area contributed by atoms with Gasteiger partial charge in [0.2, 0.25) is 0 Å². The number of carbonyl (C=O) groups is 2. The third kappa shape index (κ3) is 8.31. The van der Waals surface area contributed by atoms with Crippen LogP contribution in [0.25, 0.3) is 11.0 Å². The molecule has 0 aliphatic carbocycles. The lowest BCUT2D eigenvalue weighted by molar-refractivity contribution is -0.0592. The number of methoxy groups -OCH3 is 1. The molecule has 0 spiro atoms. The normalized spacial score (nSPS) is 19.9. The standard InChI is InChI=1S/C39H49FN4O5/c1-4-7-27(8-5-2)38(45)28-11-12-30(32(40)21-28)25-49-37-10-6-9-33(42-37)26-15-18-43(19-16-26)24-36-41-34-14-13-29(39(46)47-3)22-35(34)44(36)23-31-17-20-48-31/h6,9-14,21-22,26-27,31,37,42H,4-5,7-8,15-20,23-25H2,1-3H3. The number of ether oxygens (including phenoxy) is 3. The second-order valence-electron chi connectivity index (χ2n) is 13.5. The molecule has 2 atom stereocenters. The molecule has 0 saturated carbocycles. The maximum absolute atomic E-state index is 15.1. The van der Waals surface area contributed by atoms with Crippen molar-refractivity contribution in [1.29, 1.82) is 0 Å². The van der Waals surface area contributed by atoms with Crippen LogP contribution in [0, 0.1) is 17.7 Å². The van der Waals surface area contributed by atoms with Crippen LogP contribution in [-0.4, -0.2) is 65.3 Å². The summed E-state index contributed by atoms with van der Waals surface area (Å²) < 4.78 is 34.1.